The summed E-state index contributed by atoms with van der Waals surface area (Å²) in [7, 11) is 1.32. The standard InChI is InChI=1S/C18H26N4O3S/c1-25-17(24)19-4-2-3-14(23)20-16-22-21-15(26-16)18-8-11-5-12(9-18)7-13(6-11)10-18/h11-13H,2-10H2,1H3,(H,19,24)(H,20,22,23). The zero-order valence-corrected chi connectivity index (χ0v) is 15.9. The van der Waals surface area contributed by atoms with Crippen molar-refractivity contribution in [1.82, 2.24) is 15.5 Å². The first kappa shape index (κ1) is 17.7. The predicted octanol–water partition coefficient (Wildman–Crippen LogP) is 3.08. The van der Waals surface area contributed by atoms with E-state index in [1.165, 1.54) is 45.6 Å². The highest BCUT2D eigenvalue weighted by Crippen LogP contribution is 2.61. The molecule has 142 valence electrons. The number of rotatable bonds is 6. The zero-order chi connectivity index (χ0) is 18.1. The van der Waals surface area contributed by atoms with Crippen molar-refractivity contribution in [2.45, 2.75) is 56.8 Å². The SMILES string of the molecule is COC(=O)NCCCC(=O)Nc1nnc(C23CC4CC(CC(C4)C2)C3)s1. The molecule has 4 aliphatic carbocycles. The lowest BCUT2D eigenvalue weighted by Crippen LogP contribution is -2.48. The number of hydrogen-bond acceptors (Lipinski definition) is 6. The van der Waals surface area contributed by atoms with Crippen molar-refractivity contribution in [3.8, 4) is 0 Å². The average Bonchev–Trinajstić information content (AvgIpc) is 3.06. The maximum Gasteiger partial charge on any atom is 0.406 e. The fraction of sp³-hybridized carbons (Fsp3) is 0.778. The average molecular weight is 378 g/mol. The lowest BCUT2D eigenvalue weighted by Gasteiger charge is -2.55. The molecule has 2 amide bonds. The van der Waals surface area contributed by atoms with Gasteiger partial charge in [0.1, 0.15) is 5.01 Å². The lowest BCUT2D eigenvalue weighted by molar-refractivity contribution is -0.116. The van der Waals surface area contributed by atoms with Crippen LogP contribution in [0.25, 0.3) is 0 Å². The van der Waals surface area contributed by atoms with Crippen LogP contribution in [0.2, 0.25) is 0 Å². The Morgan fingerprint density at radius 1 is 1.15 bits per heavy atom. The second kappa shape index (κ2) is 7.13. The van der Waals surface area contributed by atoms with Gasteiger partial charge in [-0.25, -0.2) is 4.79 Å². The third kappa shape index (κ3) is 3.56. The number of methoxy groups -OCH3 is 1. The van der Waals surface area contributed by atoms with Gasteiger partial charge in [0.05, 0.1) is 7.11 Å². The number of hydrogen-bond donors (Lipinski definition) is 2. The summed E-state index contributed by atoms with van der Waals surface area (Å²) < 4.78 is 4.49. The number of carbonyl (C=O) groups excluding carboxylic acids is 2. The van der Waals surface area contributed by atoms with Crippen LogP contribution in [0.1, 0.15) is 56.4 Å². The summed E-state index contributed by atoms with van der Waals surface area (Å²) >= 11 is 1.55. The van der Waals surface area contributed by atoms with Crippen molar-refractivity contribution in [2.75, 3.05) is 19.0 Å². The van der Waals surface area contributed by atoms with Crippen LogP contribution in [0, 0.1) is 17.8 Å². The summed E-state index contributed by atoms with van der Waals surface area (Å²) in [5.41, 5.74) is 0.222. The van der Waals surface area contributed by atoms with E-state index in [9.17, 15) is 9.59 Å². The molecular formula is C18H26N4O3S. The van der Waals surface area contributed by atoms with Gasteiger partial charge in [0.2, 0.25) is 11.0 Å². The summed E-state index contributed by atoms with van der Waals surface area (Å²) in [6.07, 6.45) is 8.37. The van der Waals surface area contributed by atoms with Gasteiger partial charge in [-0.15, -0.1) is 10.2 Å². The van der Waals surface area contributed by atoms with Crippen LogP contribution in [-0.2, 0) is 14.9 Å². The number of ether oxygens (including phenoxy) is 1. The molecule has 0 atom stereocenters. The highest BCUT2D eigenvalue weighted by molar-refractivity contribution is 7.15. The summed E-state index contributed by atoms with van der Waals surface area (Å²) in [6.45, 7) is 0.411. The summed E-state index contributed by atoms with van der Waals surface area (Å²) in [4.78, 5) is 23.0. The number of alkyl carbamates (subject to hydrolysis) is 1. The van der Waals surface area contributed by atoms with Crippen molar-refractivity contribution in [3.63, 3.8) is 0 Å². The molecule has 1 heterocycles. The molecule has 2 N–H and O–H groups in total. The predicted molar refractivity (Wildman–Crippen MR) is 98.0 cm³/mol. The molecule has 5 rings (SSSR count). The van der Waals surface area contributed by atoms with Crippen molar-refractivity contribution < 1.29 is 14.3 Å². The van der Waals surface area contributed by atoms with Gasteiger partial charge >= 0.3 is 6.09 Å². The Kier molecular flexibility index (Phi) is 4.86. The molecule has 0 spiro atoms. The van der Waals surface area contributed by atoms with Crippen LogP contribution in [0.4, 0.5) is 9.93 Å². The van der Waals surface area contributed by atoms with Crippen LogP contribution < -0.4 is 10.6 Å². The van der Waals surface area contributed by atoms with Gasteiger partial charge in [0, 0.05) is 18.4 Å². The molecule has 0 aromatic carbocycles. The Hall–Kier alpha value is -1.70. The summed E-state index contributed by atoms with van der Waals surface area (Å²) in [6, 6.07) is 0. The summed E-state index contributed by atoms with van der Waals surface area (Å²) in [5.74, 6) is 2.51. The first-order valence-corrected chi connectivity index (χ1v) is 10.3. The van der Waals surface area contributed by atoms with Crippen LogP contribution in [0.5, 0.6) is 0 Å². The van der Waals surface area contributed by atoms with E-state index >= 15 is 0 Å². The molecule has 4 aliphatic rings. The second-order valence-electron chi connectivity index (χ2n) is 8.18. The van der Waals surface area contributed by atoms with Gasteiger partial charge in [-0.1, -0.05) is 11.3 Å². The third-order valence-corrected chi connectivity index (χ3v) is 7.28. The van der Waals surface area contributed by atoms with E-state index in [1.54, 1.807) is 11.3 Å². The largest absolute Gasteiger partial charge is 0.453 e. The number of nitrogens with zero attached hydrogens (tertiary/aromatic N) is 2. The van der Waals surface area contributed by atoms with Crippen LogP contribution in [-0.4, -0.2) is 35.9 Å². The second-order valence-corrected chi connectivity index (χ2v) is 9.16. The molecule has 0 unspecified atom stereocenters. The highest BCUT2D eigenvalue weighted by atomic mass is 32.1. The van der Waals surface area contributed by atoms with Crippen LogP contribution in [0.3, 0.4) is 0 Å². The number of anilines is 1. The topological polar surface area (TPSA) is 93.2 Å². The number of amides is 2. The van der Waals surface area contributed by atoms with Gasteiger partial charge in [0.25, 0.3) is 0 Å². The summed E-state index contributed by atoms with van der Waals surface area (Å²) in [5, 5.41) is 15.8. The van der Waals surface area contributed by atoms with E-state index in [2.05, 4.69) is 25.6 Å². The Bertz CT molecular complexity index is 654. The Balaban J connectivity index is 1.31. The number of nitrogens with one attached hydrogen (secondary N) is 2. The maximum atomic E-state index is 12.1. The van der Waals surface area contributed by atoms with Gasteiger partial charge < -0.3 is 15.4 Å². The lowest BCUT2D eigenvalue weighted by atomic mass is 9.50. The van der Waals surface area contributed by atoms with E-state index in [1.807, 2.05) is 0 Å². The first-order valence-electron chi connectivity index (χ1n) is 9.52. The van der Waals surface area contributed by atoms with E-state index in [0.717, 1.165) is 22.8 Å². The molecule has 8 heteroatoms. The minimum absolute atomic E-state index is 0.0927. The van der Waals surface area contributed by atoms with E-state index in [-0.39, 0.29) is 11.3 Å². The normalized spacial score (nSPS) is 31.7. The molecule has 4 bridgehead atoms. The quantitative estimate of drug-likeness (QED) is 0.742. The van der Waals surface area contributed by atoms with Crippen molar-refractivity contribution in [2.24, 2.45) is 17.8 Å². The van der Waals surface area contributed by atoms with Crippen LogP contribution >= 0.6 is 11.3 Å². The first-order chi connectivity index (χ1) is 12.6. The molecule has 7 nitrogen and oxygen atoms in total. The number of aromatic nitrogens is 2. The van der Waals surface area contributed by atoms with Gasteiger partial charge in [-0.2, -0.15) is 0 Å². The Morgan fingerprint density at radius 2 is 1.81 bits per heavy atom. The smallest absolute Gasteiger partial charge is 0.406 e. The zero-order valence-electron chi connectivity index (χ0n) is 15.1. The van der Waals surface area contributed by atoms with Crippen LogP contribution in [0.15, 0.2) is 0 Å². The molecule has 0 saturated heterocycles. The highest BCUT2D eigenvalue weighted by Gasteiger charge is 2.53. The van der Waals surface area contributed by atoms with E-state index in [4.69, 9.17) is 0 Å². The Morgan fingerprint density at radius 3 is 2.42 bits per heavy atom. The molecule has 4 saturated carbocycles. The van der Waals surface area contributed by atoms with Crippen molar-refractivity contribution in [1.29, 1.82) is 0 Å². The maximum absolute atomic E-state index is 12.1. The fourth-order valence-corrected chi connectivity index (χ4v) is 6.53. The van der Waals surface area contributed by atoms with Gasteiger partial charge in [-0.3, -0.25) is 4.79 Å². The van der Waals surface area contributed by atoms with Crippen molar-refractivity contribution >= 4 is 28.5 Å². The van der Waals surface area contributed by atoms with Gasteiger partial charge in [-0.05, 0) is 62.7 Å². The van der Waals surface area contributed by atoms with Crippen molar-refractivity contribution in [3.05, 3.63) is 5.01 Å². The van der Waals surface area contributed by atoms with Gasteiger partial charge in [0.15, 0.2) is 0 Å². The monoisotopic (exact) mass is 378 g/mol. The minimum atomic E-state index is -0.477. The van der Waals surface area contributed by atoms with E-state index < -0.39 is 6.09 Å². The molecule has 1 aromatic heterocycles. The molecule has 26 heavy (non-hydrogen) atoms. The minimum Gasteiger partial charge on any atom is -0.453 e. The molecular weight excluding hydrogens is 352 g/mol. The fourth-order valence-electron chi connectivity index (χ4n) is 5.55. The third-order valence-electron chi connectivity index (χ3n) is 6.20. The van der Waals surface area contributed by atoms with E-state index in [0.29, 0.717) is 24.5 Å². The number of carbonyl (C=O) groups is 2. The molecule has 0 radical (unpaired) electrons. The molecule has 0 aliphatic heterocycles. The molecule has 4 fully saturated rings. The molecule has 1 aromatic rings. The Labute approximate surface area is 157 Å².